The third kappa shape index (κ3) is 6.29. The Morgan fingerprint density at radius 1 is 1.00 bits per heavy atom. The molecule has 2 N–H and O–H groups in total. The summed E-state index contributed by atoms with van der Waals surface area (Å²) in [7, 11) is -3.87. The molecule has 0 spiro atoms. The molecule has 0 atom stereocenters. The van der Waals surface area contributed by atoms with Gasteiger partial charge in [-0.1, -0.05) is 36.9 Å². The van der Waals surface area contributed by atoms with Crippen LogP contribution < -0.4 is 10.6 Å². The predicted octanol–water partition coefficient (Wildman–Crippen LogP) is 4.26. The molecule has 0 unspecified atom stereocenters. The fourth-order valence-electron chi connectivity index (χ4n) is 3.74. The van der Waals surface area contributed by atoms with E-state index < -0.39 is 15.9 Å². The second-order valence-electron chi connectivity index (χ2n) is 7.61. The second kappa shape index (κ2) is 10.3. The molecular weight excluding hydrogens is 438 g/mol. The first-order valence-corrected chi connectivity index (χ1v) is 12.0. The summed E-state index contributed by atoms with van der Waals surface area (Å²) in [5.41, 5.74) is 1.02. The van der Waals surface area contributed by atoms with Gasteiger partial charge >= 0.3 is 0 Å². The molecule has 2 amide bonds. The first-order valence-electron chi connectivity index (χ1n) is 10.2. The van der Waals surface area contributed by atoms with E-state index in [1.54, 1.807) is 24.3 Å². The Kier molecular flexibility index (Phi) is 7.69. The van der Waals surface area contributed by atoms with Gasteiger partial charge in [-0.2, -0.15) is 4.31 Å². The summed E-state index contributed by atoms with van der Waals surface area (Å²) in [5.74, 6) is -0.663. The van der Waals surface area contributed by atoms with Gasteiger partial charge in [-0.3, -0.25) is 9.59 Å². The van der Waals surface area contributed by atoms with Crippen molar-refractivity contribution >= 4 is 44.8 Å². The molecule has 31 heavy (non-hydrogen) atoms. The van der Waals surface area contributed by atoms with Crippen LogP contribution in [0.4, 0.5) is 11.4 Å². The zero-order valence-electron chi connectivity index (χ0n) is 17.3. The highest BCUT2D eigenvalue weighted by atomic mass is 35.5. The summed E-state index contributed by atoms with van der Waals surface area (Å²) in [6, 6.07) is 12.5. The lowest BCUT2D eigenvalue weighted by Crippen LogP contribution is -2.45. The highest BCUT2D eigenvalue weighted by molar-refractivity contribution is 7.89. The quantitative estimate of drug-likeness (QED) is 0.641. The predicted molar refractivity (Wildman–Crippen MR) is 122 cm³/mol. The molecule has 7 nitrogen and oxygen atoms in total. The number of anilines is 2. The smallest absolute Gasteiger partial charge is 0.243 e. The molecule has 0 aromatic heterocycles. The number of carbonyl (C=O) groups excluding carboxylic acids is 2. The largest absolute Gasteiger partial charge is 0.326 e. The highest BCUT2D eigenvalue weighted by Crippen LogP contribution is 2.28. The summed E-state index contributed by atoms with van der Waals surface area (Å²) in [6.07, 6.45) is 4.36. The first kappa shape index (κ1) is 23.2. The standard InChI is InChI=1S/C22H26ClN3O4S/c1-16(27)24-18-6-5-7-19(14-18)25-22(28)15-26(20-8-3-2-4-9-20)31(29,30)21-12-10-17(23)11-13-21/h5-7,10-14,20H,2-4,8-9,15H2,1H3,(H,24,27)(H,25,28). The molecule has 0 saturated heterocycles. The molecular formula is C22H26ClN3O4S. The normalized spacial score (nSPS) is 14.9. The van der Waals surface area contributed by atoms with Gasteiger partial charge in [-0.25, -0.2) is 8.42 Å². The van der Waals surface area contributed by atoms with Crippen molar-refractivity contribution < 1.29 is 18.0 Å². The minimum atomic E-state index is -3.87. The summed E-state index contributed by atoms with van der Waals surface area (Å²) in [4.78, 5) is 24.2. The monoisotopic (exact) mass is 463 g/mol. The van der Waals surface area contributed by atoms with Crippen molar-refractivity contribution in [1.82, 2.24) is 4.31 Å². The molecule has 1 aliphatic rings. The van der Waals surface area contributed by atoms with Crippen molar-refractivity contribution in [2.75, 3.05) is 17.2 Å². The Labute approximate surface area is 187 Å². The van der Waals surface area contributed by atoms with Crippen molar-refractivity contribution in [3.05, 3.63) is 53.6 Å². The molecule has 0 radical (unpaired) electrons. The highest BCUT2D eigenvalue weighted by Gasteiger charge is 2.34. The molecule has 1 saturated carbocycles. The van der Waals surface area contributed by atoms with Crippen molar-refractivity contribution in [1.29, 1.82) is 0 Å². The maximum absolute atomic E-state index is 13.4. The van der Waals surface area contributed by atoms with Gasteiger partial charge < -0.3 is 10.6 Å². The number of hydrogen-bond acceptors (Lipinski definition) is 4. The van der Waals surface area contributed by atoms with Crippen molar-refractivity contribution in [3.8, 4) is 0 Å². The number of sulfonamides is 1. The van der Waals surface area contributed by atoms with Gasteiger partial charge in [0.2, 0.25) is 21.8 Å². The fourth-order valence-corrected chi connectivity index (χ4v) is 5.51. The molecule has 2 aromatic carbocycles. The van der Waals surface area contributed by atoms with Crippen molar-refractivity contribution in [3.63, 3.8) is 0 Å². The Balaban J connectivity index is 1.81. The average molecular weight is 464 g/mol. The van der Waals surface area contributed by atoms with Crippen LogP contribution in [0.15, 0.2) is 53.4 Å². The van der Waals surface area contributed by atoms with E-state index in [2.05, 4.69) is 10.6 Å². The number of benzene rings is 2. The molecule has 0 aliphatic heterocycles. The zero-order valence-corrected chi connectivity index (χ0v) is 18.9. The number of nitrogens with one attached hydrogen (secondary N) is 2. The number of amides is 2. The number of carbonyl (C=O) groups is 2. The number of hydrogen-bond donors (Lipinski definition) is 2. The third-order valence-electron chi connectivity index (χ3n) is 5.17. The lowest BCUT2D eigenvalue weighted by molar-refractivity contribution is -0.117. The van der Waals surface area contributed by atoms with Crippen LogP contribution >= 0.6 is 11.6 Å². The van der Waals surface area contributed by atoms with Gasteiger partial charge in [-0.15, -0.1) is 0 Å². The van der Waals surface area contributed by atoms with E-state index in [0.717, 1.165) is 32.1 Å². The average Bonchev–Trinajstić information content (AvgIpc) is 2.72. The lowest BCUT2D eigenvalue weighted by Gasteiger charge is -2.33. The van der Waals surface area contributed by atoms with E-state index >= 15 is 0 Å². The molecule has 1 aliphatic carbocycles. The van der Waals surface area contributed by atoms with E-state index in [1.807, 2.05) is 0 Å². The van der Waals surface area contributed by atoms with E-state index in [0.29, 0.717) is 16.4 Å². The fraction of sp³-hybridized carbons (Fsp3) is 0.364. The molecule has 1 fully saturated rings. The minimum Gasteiger partial charge on any atom is -0.326 e. The van der Waals surface area contributed by atoms with Gasteiger partial charge in [0, 0.05) is 29.4 Å². The molecule has 9 heteroatoms. The first-order chi connectivity index (χ1) is 14.8. The molecule has 3 rings (SSSR count). The molecule has 0 bridgehead atoms. The summed E-state index contributed by atoms with van der Waals surface area (Å²) in [5, 5.41) is 5.84. The number of halogens is 1. The lowest BCUT2D eigenvalue weighted by atomic mass is 9.95. The topological polar surface area (TPSA) is 95.6 Å². The summed E-state index contributed by atoms with van der Waals surface area (Å²) >= 11 is 5.91. The van der Waals surface area contributed by atoms with Gasteiger partial charge in [-0.05, 0) is 55.3 Å². The van der Waals surface area contributed by atoms with Crippen molar-refractivity contribution in [2.45, 2.75) is 50.0 Å². The SMILES string of the molecule is CC(=O)Nc1cccc(NC(=O)CN(C2CCCCC2)S(=O)(=O)c2ccc(Cl)cc2)c1. The molecule has 166 valence electrons. The van der Waals surface area contributed by atoms with Crippen LogP contribution in [-0.2, 0) is 19.6 Å². The van der Waals surface area contributed by atoms with Crippen LogP contribution in [0.2, 0.25) is 5.02 Å². The maximum atomic E-state index is 13.4. The minimum absolute atomic E-state index is 0.114. The van der Waals surface area contributed by atoms with E-state index in [9.17, 15) is 18.0 Å². The van der Waals surface area contributed by atoms with Crippen LogP contribution in [0.5, 0.6) is 0 Å². The van der Waals surface area contributed by atoms with Gasteiger partial charge in [0.05, 0.1) is 11.4 Å². The van der Waals surface area contributed by atoms with Crippen LogP contribution in [0, 0.1) is 0 Å². The number of nitrogens with zero attached hydrogens (tertiary/aromatic N) is 1. The summed E-state index contributed by atoms with van der Waals surface area (Å²) in [6.45, 7) is 1.11. The third-order valence-corrected chi connectivity index (χ3v) is 7.33. The van der Waals surface area contributed by atoms with Crippen molar-refractivity contribution in [2.24, 2.45) is 0 Å². The van der Waals surface area contributed by atoms with Gasteiger partial charge in [0.15, 0.2) is 0 Å². The van der Waals surface area contributed by atoms with E-state index in [-0.39, 0.29) is 23.4 Å². The Morgan fingerprint density at radius 3 is 2.23 bits per heavy atom. The van der Waals surface area contributed by atoms with Gasteiger partial charge in [0.25, 0.3) is 0 Å². The molecule has 2 aromatic rings. The Morgan fingerprint density at radius 2 is 1.61 bits per heavy atom. The van der Waals surface area contributed by atoms with E-state index in [4.69, 9.17) is 11.6 Å². The number of rotatable bonds is 7. The summed E-state index contributed by atoms with van der Waals surface area (Å²) < 4.78 is 28.0. The maximum Gasteiger partial charge on any atom is 0.243 e. The molecule has 0 heterocycles. The van der Waals surface area contributed by atoms with Crippen LogP contribution in [0.1, 0.15) is 39.0 Å². The Bertz CT molecular complexity index is 1030. The van der Waals surface area contributed by atoms with Crippen LogP contribution in [0.25, 0.3) is 0 Å². The second-order valence-corrected chi connectivity index (χ2v) is 9.93. The zero-order chi connectivity index (χ0) is 22.4. The van der Waals surface area contributed by atoms with Gasteiger partial charge in [0.1, 0.15) is 0 Å². The Hall–Kier alpha value is -2.42. The van der Waals surface area contributed by atoms with E-state index in [1.165, 1.54) is 35.5 Å². The van der Waals surface area contributed by atoms with Crippen LogP contribution in [-0.4, -0.2) is 37.1 Å². The van der Waals surface area contributed by atoms with Crippen LogP contribution in [0.3, 0.4) is 0 Å².